The highest BCUT2D eigenvalue weighted by Gasteiger charge is 2.19. The van der Waals surface area contributed by atoms with Crippen molar-refractivity contribution in [3.8, 4) is 16.3 Å². The van der Waals surface area contributed by atoms with Crippen LogP contribution in [0.4, 0.5) is 8.78 Å². The van der Waals surface area contributed by atoms with Gasteiger partial charge in [0, 0.05) is 24.0 Å². The van der Waals surface area contributed by atoms with E-state index < -0.39 is 11.6 Å². The Bertz CT molecular complexity index is 988. The third kappa shape index (κ3) is 4.36. The molecule has 3 aromatic rings. The molecule has 2 aromatic carbocycles. The maximum Gasteiger partial charge on any atom is 0.273 e. The molecule has 0 aliphatic rings. The molecule has 0 spiro atoms. The van der Waals surface area contributed by atoms with Crippen LogP contribution in [0.15, 0.2) is 47.8 Å². The minimum absolute atomic E-state index is 0.0643. The fourth-order valence-corrected chi connectivity index (χ4v) is 3.31. The first-order chi connectivity index (χ1) is 13.4. The number of para-hydroxylation sites is 1. The summed E-state index contributed by atoms with van der Waals surface area (Å²) in [5.41, 5.74) is 1.18. The maximum absolute atomic E-state index is 13.8. The number of ether oxygens (including phenoxy) is 1. The molecular formula is C21H20F2N2O2S. The highest BCUT2D eigenvalue weighted by atomic mass is 32.1. The number of halogens is 2. The standard InChI is InChI=1S/C21H20F2N2O2S/c1-13(2)25(3)21(26)18-12-28-20(24-18)16-6-4-5-7-19(16)27-11-14-10-15(22)8-9-17(14)23/h4-10,12-13H,11H2,1-3H3. The van der Waals surface area contributed by atoms with E-state index in [4.69, 9.17) is 4.74 Å². The Morgan fingerprint density at radius 2 is 1.96 bits per heavy atom. The van der Waals surface area contributed by atoms with Crippen LogP contribution in [0.5, 0.6) is 5.75 Å². The lowest BCUT2D eigenvalue weighted by Crippen LogP contribution is -2.33. The summed E-state index contributed by atoms with van der Waals surface area (Å²) in [6.07, 6.45) is 0. The Morgan fingerprint density at radius 3 is 2.71 bits per heavy atom. The molecule has 1 heterocycles. The predicted molar refractivity (Wildman–Crippen MR) is 105 cm³/mol. The van der Waals surface area contributed by atoms with Gasteiger partial charge in [-0.2, -0.15) is 0 Å². The molecule has 3 rings (SSSR count). The van der Waals surface area contributed by atoms with Gasteiger partial charge in [-0.05, 0) is 44.2 Å². The number of aromatic nitrogens is 1. The van der Waals surface area contributed by atoms with Gasteiger partial charge in [0.05, 0.1) is 5.56 Å². The lowest BCUT2D eigenvalue weighted by atomic mass is 10.2. The summed E-state index contributed by atoms with van der Waals surface area (Å²) >= 11 is 1.33. The molecule has 0 unspecified atom stereocenters. The summed E-state index contributed by atoms with van der Waals surface area (Å²) < 4.78 is 32.9. The van der Waals surface area contributed by atoms with E-state index in [0.29, 0.717) is 22.0 Å². The number of hydrogen-bond donors (Lipinski definition) is 0. The van der Waals surface area contributed by atoms with Crippen molar-refractivity contribution in [1.29, 1.82) is 0 Å². The molecule has 0 radical (unpaired) electrons. The number of carbonyl (C=O) groups excluding carboxylic acids is 1. The molecule has 7 heteroatoms. The Labute approximate surface area is 166 Å². The van der Waals surface area contributed by atoms with Crippen molar-refractivity contribution in [2.45, 2.75) is 26.5 Å². The molecule has 0 aliphatic heterocycles. The van der Waals surface area contributed by atoms with Gasteiger partial charge < -0.3 is 9.64 Å². The van der Waals surface area contributed by atoms with Gasteiger partial charge in [-0.15, -0.1) is 11.3 Å². The minimum atomic E-state index is -0.530. The third-order valence-electron chi connectivity index (χ3n) is 4.33. The second-order valence-electron chi connectivity index (χ2n) is 6.57. The molecular weight excluding hydrogens is 382 g/mol. The van der Waals surface area contributed by atoms with Gasteiger partial charge in [0.15, 0.2) is 0 Å². The fraction of sp³-hybridized carbons (Fsp3) is 0.238. The summed E-state index contributed by atoms with van der Waals surface area (Å²) in [5.74, 6) is -0.724. The van der Waals surface area contributed by atoms with E-state index >= 15 is 0 Å². The first-order valence-electron chi connectivity index (χ1n) is 8.75. The molecule has 28 heavy (non-hydrogen) atoms. The zero-order chi connectivity index (χ0) is 20.3. The van der Waals surface area contributed by atoms with E-state index in [0.717, 1.165) is 18.2 Å². The molecule has 4 nitrogen and oxygen atoms in total. The first-order valence-corrected chi connectivity index (χ1v) is 9.63. The van der Waals surface area contributed by atoms with E-state index in [9.17, 15) is 13.6 Å². The molecule has 0 saturated heterocycles. The Morgan fingerprint density at radius 1 is 1.21 bits per heavy atom. The number of carbonyl (C=O) groups is 1. The van der Waals surface area contributed by atoms with Gasteiger partial charge in [0.25, 0.3) is 5.91 Å². The third-order valence-corrected chi connectivity index (χ3v) is 5.20. The monoisotopic (exact) mass is 402 g/mol. The minimum Gasteiger partial charge on any atom is -0.488 e. The van der Waals surface area contributed by atoms with Crippen LogP contribution in [0.25, 0.3) is 10.6 Å². The number of hydrogen-bond acceptors (Lipinski definition) is 4. The first kappa shape index (κ1) is 19.9. The highest BCUT2D eigenvalue weighted by Crippen LogP contribution is 2.33. The molecule has 0 fully saturated rings. The largest absolute Gasteiger partial charge is 0.488 e. The van der Waals surface area contributed by atoms with Crippen LogP contribution in [0.1, 0.15) is 29.9 Å². The smallest absolute Gasteiger partial charge is 0.273 e. The summed E-state index contributed by atoms with van der Waals surface area (Å²) in [6.45, 7) is 3.74. The van der Waals surface area contributed by atoms with Crippen LogP contribution in [0.3, 0.4) is 0 Å². The average molecular weight is 402 g/mol. The van der Waals surface area contributed by atoms with Crippen molar-refractivity contribution in [2.75, 3.05) is 7.05 Å². The van der Waals surface area contributed by atoms with Crippen LogP contribution in [-0.2, 0) is 6.61 Å². The molecule has 0 aliphatic carbocycles. The summed E-state index contributed by atoms with van der Waals surface area (Å²) in [6, 6.07) is 10.5. The highest BCUT2D eigenvalue weighted by molar-refractivity contribution is 7.13. The fourth-order valence-electron chi connectivity index (χ4n) is 2.49. The zero-order valence-electron chi connectivity index (χ0n) is 15.8. The second kappa shape index (κ2) is 8.48. The van der Waals surface area contributed by atoms with Crippen molar-refractivity contribution in [3.63, 3.8) is 0 Å². The van der Waals surface area contributed by atoms with Crippen LogP contribution in [0.2, 0.25) is 0 Å². The number of nitrogens with zero attached hydrogens (tertiary/aromatic N) is 2. The number of amides is 1. The number of rotatable bonds is 6. The van der Waals surface area contributed by atoms with Crippen molar-refractivity contribution in [1.82, 2.24) is 9.88 Å². The topological polar surface area (TPSA) is 42.4 Å². The van der Waals surface area contributed by atoms with Gasteiger partial charge in [0.2, 0.25) is 0 Å². The van der Waals surface area contributed by atoms with Crippen LogP contribution < -0.4 is 4.74 Å². The Kier molecular flexibility index (Phi) is 6.04. The SMILES string of the molecule is CC(C)N(C)C(=O)c1csc(-c2ccccc2OCc2cc(F)ccc2F)n1. The van der Waals surface area contributed by atoms with Crippen molar-refractivity contribution in [3.05, 3.63) is 70.7 Å². The summed E-state index contributed by atoms with van der Waals surface area (Å²) in [4.78, 5) is 18.5. The summed E-state index contributed by atoms with van der Waals surface area (Å²) in [5, 5.41) is 2.33. The van der Waals surface area contributed by atoms with Crippen LogP contribution >= 0.6 is 11.3 Å². The zero-order valence-corrected chi connectivity index (χ0v) is 16.6. The quantitative estimate of drug-likeness (QED) is 0.573. The van der Waals surface area contributed by atoms with Crippen molar-refractivity contribution >= 4 is 17.2 Å². The number of thiazole rings is 1. The van der Waals surface area contributed by atoms with E-state index in [1.807, 2.05) is 26.0 Å². The Balaban J connectivity index is 1.83. The molecule has 146 valence electrons. The molecule has 0 bridgehead atoms. The summed E-state index contributed by atoms with van der Waals surface area (Å²) in [7, 11) is 1.73. The van der Waals surface area contributed by atoms with Gasteiger partial charge in [-0.1, -0.05) is 12.1 Å². The maximum atomic E-state index is 13.8. The van der Waals surface area contributed by atoms with Gasteiger partial charge in [-0.25, -0.2) is 13.8 Å². The van der Waals surface area contributed by atoms with E-state index in [-0.39, 0.29) is 24.1 Å². The number of benzene rings is 2. The average Bonchev–Trinajstić information content (AvgIpc) is 3.17. The molecule has 1 amide bonds. The van der Waals surface area contributed by atoms with Gasteiger partial charge in [-0.3, -0.25) is 4.79 Å². The van der Waals surface area contributed by atoms with Gasteiger partial charge in [0.1, 0.15) is 34.7 Å². The normalized spacial score (nSPS) is 10.9. The van der Waals surface area contributed by atoms with E-state index in [1.54, 1.807) is 29.5 Å². The van der Waals surface area contributed by atoms with E-state index in [1.165, 1.54) is 11.3 Å². The second-order valence-corrected chi connectivity index (χ2v) is 7.43. The van der Waals surface area contributed by atoms with E-state index in [2.05, 4.69) is 4.98 Å². The predicted octanol–water partition coefficient (Wildman–Crippen LogP) is 5.15. The molecule has 1 aromatic heterocycles. The molecule has 0 atom stereocenters. The van der Waals surface area contributed by atoms with Crippen LogP contribution in [-0.4, -0.2) is 28.9 Å². The molecule has 0 saturated carbocycles. The van der Waals surface area contributed by atoms with Crippen molar-refractivity contribution in [2.24, 2.45) is 0 Å². The van der Waals surface area contributed by atoms with Crippen LogP contribution in [0, 0.1) is 11.6 Å². The van der Waals surface area contributed by atoms with Gasteiger partial charge >= 0.3 is 0 Å². The lowest BCUT2D eigenvalue weighted by molar-refractivity contribution is 0.0750. The molecule has 0 N–H and O–H groups in total. The van der Waals surface area contributed by atoms with Crippen molar-refractivity contribution < 1.29 is 18.3 Å². The Hall–Kier alpha value is -2.80. The lowest BCUT2D eigenvalue weighted by Gasteiger charge is -2.20.